The second kappa shape index (κ2) is 7.62. The van der Waals surface area contributed by atoms with Gasteiger partial charge in [0.1, 0.15) is 18.4 Å². The Kier molecular flexibility index (Phi) is 5.10. The van der Waals surface area contributed by atoms with Crippen LogP contribution in [0.4, 0.5) is 0 Å². The van der Waals surface area contributed by atoms with Crippen LogP contribution >= 0.6 is 0 Å². The van der Waals surface area contributed by atoms with Gasteiger partial charge in [0.05, 0.1) is 17.2 Å². The monoisotopic (exact) mass is 427 g/mol. The van der Waals surface area contributed by atoms with Crippen LogP contribution in [0, 0.1) is 6.92 Å². The van der Waals surface area contributed by atoms with Crippen molar-refractivity contribution in [3.05, 3.63) is 68.0 Å². The molecule has 2 aliphatic rings. The molecule has 0 radical (unpaired) electrons. The molecule has 2 aromatic rings. The molecule has 4 atom stereocenters. The summed E-state index contributed by atoms with van der Waals surface area (Å²) in [5, 5.41) is 0. The minimum Gasteiger partial charge on any atom is -0.460 e. The number of aromatic amines is 1. The molecule has 3 heterocycles. The number of hydrogen-bond donors (Lipinski definition) is 1. The van der Waals surface area contributed by atoms with Crippen molar-refractivity contribution >= 4 is 17.8 Å². The third-order valence-electron chi connectivity index (χ3n) is 5.56. The molecule has 1 N–H and O–H groups in total. The lowest BCUT2D eigenvalue weighted by atomic mass is 10.0. The molecule has 2 amide bonds. The Hall–Kier alpha value is -3.53. The molecule has 31 heavy (non-hydrogen) atoms. The fourth-order valence-electron chi connectivity index (χ4n) is 4.16. The molecule has 0 aliphatic carbocycles. The number of aryl methyl sites for hydroxylation is 1. The van der Waals surface area contributed by atoms with Crippen molar-refractivity contribution in [1.82, 2.24) is 14.5 Å². The molecule has 1 fully saturated rings. The Balaban J connectivity index is 1.73. The molecule has 0 saturated carbocycles. The summed E-state index contributed by atoms with van der Waals surface area (Å²) < 4.78 is 12.5. The van der Waals surface area contributed by atoms with Gasteiger partial charge in [0, 0.05) is 25.1 Å². The smallest absolute Gasteiger partial charge is 0.330 e. The van der Waals surface area contributed by atoms with Gasteiger partial charge < -0.3 is 9.47 Å². The number of aromatic nitrogens is 2. The van der Waals surface area contributed by atoms with Gasteiger partial charge in [0.25, 0.3) is 17.4 Å². The standard InChI is InChI=1S/C21H21N3O7/c1-10-9-23(21(29)22-18(10)26)16-8-15(17(31-16)11(2)30-12(3)25)24-19(27)13-6-4-5-7-14(13)20(24)28/h4-7,9,11,15-17H,8H2,1-3H3,(H,22,26,29)/t11-,15+,16+,17-/m0/s1. The second-order valence-corrected chi connectivity index (χ2v) is 7.68. The Morgan fingerprint density at radius 2 is 1.77 bits per heavy atom. The maximum Gasteiger partial charge on any atom is 0.330 e. The zero-order valence-corrected chi connectivity index (χ0v) is 17.2. The summed E-state index contributed by atoms with van der Waals surface area (Å²) in [6.45, 7) is 4.39. The van der Waals surface area contributed by atoms with Crippen LogP contribution in [0.1, 0.15) is 52.8 Å². The highest BCUT2D eigenvalue weighted by Gasteiger charge is 2.50. The fourth-order valence-corrected chi connectivity index (χ4v) is 4.16. The largest absolute Gasteiger partial charge is 0.460 e. The summed E-state index contributed by atoms with van der Waals surface area (Å²) in [5.74, 6) is -1.49. The minimum atomic E-state index is -0.875. The first kappa shape index (κ1) is 20.7. The van der Waals surface area contributed by atoms with Crippen molar-refractivity contribution in [2.75, 3.05) is 0 Å². The van der Waals surface area contributed by atoms with E-state index in [1.165, 1.54) is 17.7 Å². The fraction of sp³-hybridized carbons (Fsp3) is 0.381. The lowest BCUT2D eigenvalue weighted by Crippen LogP contribution is -2.48. The number of H-pyrrole nitrogens is 1. The zero-order valence-electron chi connectivity index (χ0n) is 17.2. The third kappa shape index (κ3) is 3.48. The maximum atomic E-state index is 13.0. The number of imide groups is 1. The number of fused-ring (bicyclic) bond motifs is 1. The molecule has 1 aromatic carbocycles. The predicted octanol–water partition coefficient (Wildman–Crippen LogP) is 0.749. The first-order valence-corrected chi connectivity index (χ1v) is 9.80. The highest BCUT2D eigenvalue weighted by molar-refractivity contribution is 6.21. The van der Waals surface area contributed by atoms with Gasteiger partial charge in [-0.2, -0.15) is 0 Å². The van der Waals surface area contributed by atoms with Gasteiger partial charge in [-0.25, -0.2) is 4.79 Å². The molecule has 1 saturated heterocycles. The Bertz CT molecular complexity index is 1160. The lowest BCUT2D eigenvalue weighted by molar-refractivity contribution is -0.155. The number of carbonyl (C=O) groups excluding carboxylic acids is 3. The SMILES string of the molecule is CC(=O)O[C@@H](C)[C@@H]1O[C@@H](n2cc(C)c(=O)[nH]c2=O)C[C@H]1N1C(=O)c2ccccc2C1=O. The van der Waals surface area contributed by atoms with E-state index in [4.69, 9.17) is 9.47 Å². The quantitative estimate of drug-likeness (QED) is 0.563. The van der Waals surface area contributed by atoms with Crippen molar-refractivity contribution in [3.8, 4) is 0 Å². The predicted molar refractivity (Wildman–Crippen MR) is 107 cm³/mol. The van der Waals surface area contributed by atoms with Crippen LogP contribution < -0.4 is 11.2 Å². The summed E-state index contributed by atoms with van der Waals surface area (Å²) in [5.41, 5.74) is -0.320. The molecule has 1 aromatic heterocycles. The molecule has 162 valence electrons. The van der Waals surface area contributed by atoms with Crippen molar-refractivity contribution in [3.63, 3.8) is 0 Å². The van der Waals surface area contributed by atoms with E-state index in [0.29, 0.717) is 5.56 Å². The molecule has 0 spiro atoms. The molecule has 0 unspecified atom stereocenters. The Morgan fingerprint density at radius 3 is 2.35 bits per heavy atom. The molecular formula is C21H21N3O7. The number of carbonyl (C=O) groups is 3. The van der Waals surface area contributed by atoms with Gasteiger partial charge in [-0.1, -0.05) is 12.1 Å². The molecule has 10 heteroatoms. The van der Waals surface area contributed by atoms with E-state index >= 15 is 0 Å². The number of hydrogen-bond acceptors (Lipinski definition) is 7. The van der Waals surface area contributed by atoms with E-state index in [1.54, 1.807) is 38.1 Å². The van der Waals surface area contributed by atoms with Crippen LogP contribution in [-0.2, 0) is 14.3 Å². The second-order valence-electron chi connectivity index (χ2n) is 7.68. The van der Waals surface area contributed by atoms with E-state index in [9.17, 15) is 24.0 Å². The van der Waals surface area contributed by atoms with Gasteiger partial charge in [0.2, 0.25) is 0 Å². The first-order valence-electron chi connectivity index (χ1n) is 9.80. The first-order chi connectivity index (χ1) is 14.7. The average Bonchev–Trinajstić information content (AvgIpc) is 3.24. The van der Waals surface area contributed by atoms with Gasteiger partial charge in [-0.05, 0) is 26.0 Å². The topological polar surface area (TPSA) is 128 Å². The van der Waals surface area contributed by atoms with Gasteiger partial charge in [0.15, 0.2) is 0 Å². The third-order valence-corrected chi connectivity index (χ3v) is 5.56. The van der Waals surface area contributed by atoms with Gasteiger partial charge in [-0.3, -0.25) is 33.6 Å². The average molecular weight is 427 g/mol. The Labute approximate surface area is 176 Å². The van der Waals surface area contributed by atoms with Crippen LogP contribution in [0.5, 0.6) is 0 Å². The normalized spacial score (nSPS) is 23.7. The van der Waals surface area contributed by atoms with Crippen molar-refractivity contribution < 1.29 is 23.9 Å². The number of nitrogens with zero attached hydrogens (tertiary/aromatic N) is 2. The van der Waals surface area contributed by atoms with Gasteiger partial charge >= 0.3 is 11.7 Å². The summed E-state index contributed by atoms with van der Waals surface area (Å²) >= 11 is 0. The number of ether oxygens (including phenoxy) is 2. The van der Waals surface area contributed by atoms with Crippen LogP contribution in [0.2, 0.25) is 0 Å². The van der Waals surface area contributed by atoms with E-state index in [1.807, 2.05) is 0 Å². The number of rotatable bonds is 4. The number of nitrogens with one attached hydrogen (secondary N) is 1. The maximum absolute atomic E-state index is 13.0. The van der Waals surface area contributed by atoms with E-state index in [2.05, 4.69) is 4.98 Å². The highest BCUT2D eigenvalue weighted by atomic mass is 16.6. The molecule has 4 rings (SSSR count). The zero-order chi connectivity index (χ0) is 22.4. The number of esters is 1. The van der Waals surface area contributed by atoms with Crippen LogP contribution in [0.3, 0.4) is 0 Å². The Morgan fingerprint density at radius 1 is 1.16 bits per heavy atom. The van der Waals surface area contributed by atoms with Crippen molar-refractivity contribution in [1.29, 1.82) is 0 Å². The van der Waals surface area contributed by atoms with Crippen LogP contribution in [0.15, 0.2) is 40.1 Å². The van der Waals surface area contributed by atoms with E-state index < -0.39 is 53.5 Å². The lowest BCUT2D eigenvalue weighted by Gasteiger charge is -2.29. The summed E-state index contributed by atoms with van der Waals surface area (Å²) in [6, 6.07) is 5.70. The molecule has 0 bridgehead atoms. The van der Waals surface area contributed by atoms with E-state index in [0.717, 1.165) is 4.90 Å². The summed E-state index contributed by atoms with van der Waals surface area (Å²) in [7, 11) is 0. The van der Waals surface area contributed by atoms with Crippen molar-refractivity contribution in [2.45, 2.75) is 51.7 Å². The van der Waals surface area contributed by atoms with Crippen LogP contribution in [0.25, 0.3) is 0 Å². The summed E-state index contributed by atoms with van der Waals surface area (Å²) in [6.07, 6.45) is -1.08. The number of benzene rings is 1. The minimum absolute atomic E-state index is 0.0904. The van der Waals surface area contributed by atoms with Crippen molar-refractivity contribution in [2.24, 2.45) is 0 Å². The van der Waals surface area contributed by atoms with Gasteiger partial charge in [-0.15, -0.1) is 0 Å². The molecule has 2 aliphatic heterocycles. The summed E-state index contributed by atoms with van der Waals surface area (Å²) in [4.78, 5) is 65.0. The van der Waals surface area contributed by atoms with Crippen LogP contribution in [-0.4, -0.2) is 50.5 Å². The molecular weight excluding hydrogens is 406 g/mol. The van der Waals surface area contributed by atoms with E-state index in [-0.39, 0.29) is 17.5 Å². The molecule has 10 nitrogen and oxygen atoms in total. The highest BCUT2D eigenvalue weighted by Crippen LogP contribution is 2.37. The number of amides is 2.